The van der Waals surface area contributed by atoms with E-state index < -0.39 is 0 Å². The molecule has 1 N–H and O–H groups in total. The zero-order chi connectivity index (χ0) is 15.7. The Labute approximate surface area is 137 Å². The van der Waals surface area contributed by atoms with Gasteiger partial charge in [0.05, 0.1) is 10.7 Å². The van der Waals surface area contributed by atoms with Gasteiger partial charge in [-0.3, -0.25) is 4.79 Å². The van der Waals surface area contributed by atoms with Crippen LogP contribution in [-0.4, -0.2) is 34.9 Å². The molecule has 1 aliphatic carbocycles. The smallest absolute Gasteiger partial charge is 0.225 e. The van der Waals surface area contributed by atoms with Crippen LogP contribution in [0.1, 0.15) is 56.7 Å². The van der Waals surface area contributed by atoms with E-state index >= 15 is 0 Å². The second kappa shape index (κ2) is 6.67. The number of carbonyl (C=O) groups excluding carboxylic acids is 1. The van der Waals surface area contributed by atoms with Crippen molar-refractivity contribution < 1.29 is 4.79 Å². The SMILES string of the molecule is CC(C)C(=O)N1CC[C@@H](NCc2csc(C3CC3)n2)[C@@H](C)C1. The number of likely N-dealkylation sites (tertiary alicyclic amines) is 1. The fraction of sp³-hybridized carbons (Fsp3) is 0.765. The Balaban J connectivity index is 1.48. The number of amides is 1. The maximum absolute atomic E-state index is 12.1. The first-order valence-electron chi connectivity index (χ1n) is 8.51. The molecule has 122 valence electrons. The van der Waals surface area contributed by atoms with Crippen LogP contribution in [0.5, 0.6) is 0 Å². The second-order valence-electron chi connectivity index (χ2n) is 7.14. The molecule has 4 nitrogen and oxygen atoms in total. The molecule has 1 amide bonds. The predicted molar refractivity (Wildman–Crippen MR) is 89.9 cm³/mol. The van der Waals surface area contributed by atoms with Crippen LogP contribution in [0.15, 0.2) is 5.38 Å². The van der Waals surface area contributed by atoms with Crippen LogP contribution in [0.3, 0.4) is 0 Å². The van der Waals surface area contributed by atoms with E-state index in [1.165, 1.54) is 23.5 Å². The Hall–Kier alpha value is -0.940. The number of rotatable bonds is 5. The van der Waals surface area contributed by atoms with Crippen molar-refractivity contribution in [1.29, 1.82) is 0 Å². The van der Waals surface area contributed by atoms with E-state index in [1.807, 2.05) is 30.1 Å². The normalized spacial score (nSPS) is 25.7. The molecule has 2 atom stereocenters. The van der Waals surface area contributed by atoms with Gasteiger partial charge in [-0.1, -0.05) is 20.8 Å². The lowest BCUT2D eigenvalue weighted by Gasteiger charge is -2.38. The Morgan fingerprint density at radius 3 is 2.86 bits per heavy atom. The minimum Gasteiger partial charge on any atom is -0.342 e. The Kier molecular flexibility index (Phi) is 4.83. The summed E-state index contributed by atoms with van der Waals surface area (Å²) in [6.07, 6.45) is 3.68. The maximum Gasteiger partial charge on any atom is 0.225 e. The van der Waals surface area contributed by atoms with Gasteiger partial charge in [0, 0.05) is 42.9 Å². The minimum absolute atomic E-state index is 0.104. The fourth-order valence-corrected chi connectivity index (χ4v) is 4.16. The highest BCUT2D eigenvalue weighted by atomic mass is 32.1. The summed E-state index contributed by atoms with van der Waals surface area (Å²) in [5.41, 5.74) is 1.18. The lowest BCUT2D eigenvalue weighted by molar-refractivity contribution is -0.136. The first kappa shape index (κ1) is 15.9. The number of piperidine rings is 1. The average Bonchev–Trinajstić information content (AvgIpc) is 3.24. The van der Waals surface area contributed by atoms with Gasteiger partial charge >= 0.3 is 0 Å². The molecule has 3 rings (SSSR count). The lowest BCUT2D eigenvalue weighted by atomic mass is 9.93. The molecule has 1 saturated heterocycles. The first-order valence-corrected chi connectivity index (χ1v) is 9.39. The molecule has 2 aliphatic rings. The largest absolute Gasteiger partial charge is 0.342 e. The highest BCUT2D eigenvalue weighted by Gasteiger charge is 2.30. The topological polar surface area (TPSA) is 45.2 Å². The molecular formula is C17H27N3OS. The van der Waals surface area contributed by atoms with Crippen LogP contribution in [0.4, 0.5) is 0 Å². The van der Waals surface area contributed by atoms with Gasteiger partial charge in [0.25, 0.3) is 0 Å². The third-order valence-electron chi connectivity index (χ3n) is 4.75. The Morgan fingerprint density at radius 1 is 1.45 bits per heavy atom. The standard InChI is InChI=1S/C17H27N3OS/c1-11(2)17(21)20-7-6-15(12(3)9-20)18-8-14-10-22-16(19-14)13-4-5-13/h10-13,15,18H,4-9H2,1-3H3/t12-,15+/m0/s1. The van der Waals surface area contributed by atoms with Crippen LogP contribution in [-0.2, 0) is 11.3 Å². The van der Waals surface area contributed by atoms with E-state index in [9.17, 15) is 4.79 Å². The Morgan fingerprint density at radius 2 is 2.23 bits per heavy atom. The molecule has 1 aliphatic heterocycles. The number of hydrogen-bond donors (Lipinski definition) is 1. The van der Waals surface area contributed by atoms with Crippen molar-refractivity contribution in [2.75, 3.05) is 13.1 Å². The molecule has 0 bridgehead atoms. The summed E-state index contributed by atoms with van der Waals surface area (Å²) >= 11 is 1.81. The molecule has 0 radical (unpaired) electrons. The highest BCUT2D eigenvalue weighted by molar-refractivity contribution is 7.09. The summed E-state index contributed by atoms with van der Waals surface area (Å²) in [4.78, 5) is 18.9. The number of nitrogens with one attached hydrogen (secondary N) is 1. The van der Waals surface area contributed by atoms with E-state index in [0.717, 1.165) is 32.0 Å². The van der Waals surface area contributed by atoms with E-state index in [4.69, 9.17) is 4.98 Å². The predicted octanol–water partition coefficient (Wildman–Crippen LogP) is 3.00. The van der Waals surface area contributed by atoms with Crippen LogP contribution < -0.4 is 5.32 Å². The van der Waals surface area contributed by atoms with Gasteiger partial charge in [-0.2, -0.15) is 0 Å². The van der Waals surface area contributed by atoms with Gasteiger partial charge in [-0.15, -0.1) is 11.3 Å². The molecule has 1 aromatic heterocycles. The number of carbonyl (C=O) groups is 1. The van der Waals surface area contributed by atoms with Crippen LogP contribution >= 0.6 is 11.3 Å². The maximum atomic E-state index is 12.1. The second-order valence-corrected chi connectivity index (χ2v) is 8.03. The van der Waals surface area contributed by atoms with Crippen LogP contribution in [0.2, 0.25) is 0 Å². The number of aromatic nitrogens is 1. The van der Waals surface area contributed by atoms with Gasteiger partial charge in [-0.25, -0.2) is 4.98 Å². The molecule has 5 heteroatoms. The quantitative estimate of drug-likeness (QED) is 0.907. The minimum atomic E-state index is 0.104. The molecular weight excluding hydrogens is 294 g/mol. The van der Waals surface area contributed by atoms with E-state index in [-0.39, 0.29) is 5.92 Å². The zero-order valence-corrected chi connectivity index (χ0v) is 14.7. The highest BCUT2D eigenvalue weighted by Crippen LogP contribution is 2.41. The van der Waals surface area contributed by atoms with Crippen molar-refractivity contribution in [2.24, 2.45) is 11.8 Å². The van der Waals surface area contributed by atoms with Gasteiger partial charge in [0.2, 0.25) is 5.91 Å². The summed E-state index contributed by atoms with van der Waals surface area (Å²) in [7, 11) is 0. The molecule has 0 spiro atoms. The van der Waals surface area contributed by atoms with Crippen molar-refractivity contribution in [3.63, 3.8) is 0 Å². The lowest BCUT2D eigenvalue weighted by Crippen LogP contribution is -2.50. The molecule has 1 saturated carbocycles. The zero-order valence-electron chi connectivity index (χ0n) is 13.8. The summed E-state index contributed by atoms with van der Waals surface area (Å²) in [5, 5.41) is 7.17. The molecule has 0 unspecified atom stereocenters. The summed E-state index contributed by atoms with van der Waals surface area (Å²) in [6, 6.07) is 0.488. The summed E-state index contributed by atoms with van der Waals surface area (Å²) < 4.78 is 0. The van der Waals surface area contributed by atoms with Crippen LogP contribution in [0.25, 0.3) is 0 Å². The van der Waals surface area contributed by atoms with E-state index in [1.54, 1.807) is 0 Å². The van der Waals surface area contributed by atoms with E-state index in [0.29, 0.717) is 17.9 Å². The molecule has 22 heavy (non-hydrogen) atoms. The monoisotopic (exact) mass is 321 g/mol. The van der Waals surface area contributed by atoms with E-state index in [2.05, 4.69) is 17.6 Å². The van der Waals surface area contributed by atoms with Crippen LogP contribution in [0, 0.1) is 11.8 Å². The van der Waals surface area contributed by atoms with Crippen molar-refractivity contribution in [2.45, 2.75) is 58.5 Å². The third kappa shape index (κ3) is 3.69. The van der Waals surface area contributed by atoms with Gasteiger partial charge in [0.1, 0.15) is 0 Å². The van der Waals surface area contributed by atoms with Crippen molar-refractivity contribution in [3.05, 3.63) is 16.1 Å². The van der Waals surface area contributed by atoms with Crippen molar-refractivity contribution >= 4 is 17.2 Å². The first-order chi connectivity index (χ1) is 10.5. The van der Waals surface area contributed by atoms with Gasteiger partial charge < -0.3 is 10.2 Å². The molecule has 0 aromatic carbocycles. The fourth-order valence-electron chi connectivity index (χ4n) is 3.17. The van der Waals surface area contributed by atoms with Gasteiger partial charge in [-0.05, 0) is 25.2 Å². The van der Waals surface area contributed by atoms with Crippen molar-refractivity contribution in [1.82, 2.24) is 15.2 Å². The summed E-state index contributed by atoms with van der Waals surface area (Å²) in [6.45, 7) is 8.82. The molecule has 1 aromatic rings. The molecule has 2 fully saturated rings. The number of hydrogen-bond acceptors (Lipinski definition) is 4. The number of nitrogens with zero attached hydrogens (tertiary/aromatic N) is 2. The number of thiazole rings is 1. The summed E-state index contributed by atoms with van der Waals surface area (Å²) in [5.74, 6) is 1.65. The molecule has 2 heterocycles. The van der Waals surface area contributed by atoms with Crippen molar-refractivity contribution in [3.8, 4) is 0 Å². The average molecular weight is 321 g/mol. The third-order valence-corrected chi connectivity index (χ3v) is 5.81. The van der Waals surface area contributed by atoms with Gasteiger partial charge in [0.15, 0.2) is 0 Å². The Bertz CT molecular complexity index is 524.